The lowest BCUT2D eigenvalue weighted by atomic mass is 10.2. The van der Waals surface area contributed by atoms with Crippen molar-refractivity contribution in [2.75, 3.05) is 0 Å². The van der Waals surface area contributed by atoms with Crippen LogP contribution in [0.25, 0.3) is 0 Å². The summed E-state index contributed by atoms with van der Waals surface area (Å²) < 4.78 is 1.28. The average Bonchev–Trinajstić information content (AvgIpc) is 1.90. The highest BCUT2D eigenvalue weighted by atomic mass is 127. The lowest BCUT2D eigenvalue weighted by Gasteiger charge is -1.93. The van der Waals surface area contributed by atoms with Gasteiger partial charge >= 0.3 is 0 Å². The van der Waals surface area contributed by atoms with E-state index in [1.165, 1.54) is 9.13 Å². The summed E-state index contributed by atoms with van der Waals surface area (Å²) in [6.45, 7) is 3.78. The molecular weight excluding hydrogens is 223 g/mol. The second-order valence-electron chi connectivity index (χ2n) is 1.88. The van der Waals surface area contributed by atoms with Crippen LogP contribution in [-0.4, -0.2) is 0 Å². The van der Waals surface area contributed by atoms with Gasteiger partial charge in [-0.05, 0) is 53.6 Å². The van der Waals surface area contributed by atoms with Crippen LogP contribution in [0.15, 0.2) is 24.3 Å². The molecule has 0 atom stereocenters. The molecule has 1 radical (unpaired) electrons. The fourth-order valence-corrected chi connectivity index (χ4v) is 1.01. The smallest absolute Gasteiger partial charge is 0.0130 e. The molecule has 0 saturated heterocycles. The third-order valence-corrected chi connectivity index (χ3v) is 1.92. The average molecular weight is 231 g/mol. The third kappa shape index (κ3) is 1.97. The van der Waals surface area contributed by atoms with Crippen LogP contribution < -0.4 is 0 Å². The molecule has 0 bridgehead atoms. The van der Waals surface area contributed by atoms with Crippen LogP contribution in [0.1, 0.15) is 5.56 Å². The molecule has 1 heteroatoms. The van der Waals surface area contributed by atoms with Crippen molar-refractivity contribution in [2.45, 2.75) is 6.42 Å². The molecule has 0 N–H and O–H groups in total. The fourth-order valence-electron chi connectivity index (χ4n) is 0.651. The molecule has 0 aliphatic carbocycles. The zero-order valence-electron chi connectivity index (χ0n) is 5.10. The maximum atomic E-state index is 3.78. The van der Waals surface area contributed by atoms with Gasteiger partial charge in [0.25, 0.3) is 0 Å². The van der Waals surface area contributed by atoms with Gasteiger partial charge in [-0.25, -0.2) is 0 Å². The van der Waals surface area contributed by atoms with E-state index < -0.39 is 0 Å². The van der Waals surface area contributed by atoms with Gasteiger partial charge in [-0.3, -0.25) is 0 Å². The first-order chi connectivity index (χ1) is 4.33. The summed E-state index contributed by atoms with van der Waals surface area (Å²) in [5.74, 6) is 0. The van der Waals surface area contributed by atoms with Gasteiger partial charge in [0, 0.05) is 3.57 Å². The monoisotopic (exact) mass is 231 g/mol. The first-order valence-electron chi connectivity index (χ1n) is 2.86. The Hall–Kier alpha value is -0.0500. The Labute approximate surface area is 69.4 Å². The molecule has 0 aliphatic heterocycles. The van der Waals surface area contributed by atoms with Crippen LogP contribution >= 0.6 is 22.6 Å². The van der Waals surface area contributed by atoms with Crippen molar-refractivity contribution in [3.63, 3.8) is 0 Å². The van der Waals surface area contributed by atoms with Crippen molar-refractivity contribution in [3.8, 4) is 0 Å². The summed E-state index contributed by atoms with van der Waals surface area (Å²) in [6, 6.07) is 8.41. The van der Waals surface area contributed by atoms with Crippen molar-refractivity contribution in [1.82, 2.24) is 0 Å². The SMILES string of the molecule is [CH2]Cc1ccc(I)cc1. The quantitative estimate of drug-likeness (QED) is 0.652. The summed E-state index contributed by atoms with van der Waals surface area (Å²) in [5, 5.41) is 0. The molecule has 1 rings (SSSR count). The molecule has 0 amide bonds. The Bertz CT molecular complexity index is 176. The first-order valence-corrected chi connectivity index (χ1v) is 3.94. The van der Waals surface area contributed by atoms with E-state index in [2.05, 4.69) is 53.8 Å². The molecule has 9 heavy (non-hydrogen) atoms. The lowest BCUT2D eigenvalue weighted by molar-refractivity contribution is 1.27. The Morgan fingerprint density at radius 2 is 1.78 bits per heavy atom. The summed E-state index contributed by atoms with van der Waals surface area (Å²) >= 11 is 2.29. The Morgan fingerprint density at radius 3 is 2.22 bits per heavy atom. The molecule has 1 aromatic carbocycles. The zero-order chi connectivity index (χ0) is 6.69. The number of benzene rings is 1. The summed E-state index contributed by atoms with van der Waals surface area (Å²) in [7, 11) is 0. The molecular formula is C8H8I. The van der Waals surface area contributed by atoms with Crippen molar-refractivity contribution < 1.29 is 0 Å². The van der Waals surface area contributed by atoms with E-state index >= 15 is 0 Å². The van der Waals surface area contributed by atoms with Crippen LogP contribution in [0.4, 0.5) is 0 Å². The van der Waals surface area contributed by atoms with Gasteiger partial charge in [-0.2, -0.15) is 0 Å². The van der Waals surface area contributed by atoms with Crippen molar-refractivity contribution in [3.05, 3.63) is 40.3 Å². The summed E-state index contributed by atoms with van der Waals surface area (Å²) in [5.41, 5.74) is 1.30. The van der Waals surface area contributed by atoms with E-state index in [9.17, 15) is 0 Å². The van der Waals surface area contributed by atoms with Gasteiger partial charge in [0.15, 0.2) is 0 Å². The second kappa shape index (κ2) is 3.20. The molecule has 47 valence electrons. The highest BCUT2D eigenvalue weighted by Gasteiger charge is 1.86. The van der Waals surface area contributed by atoms with E-state index in [-0.39, 0.29) is 0 Å². The van der Waals surface area contributed by atoms with Crippen LogP contribution in [0.2, 0.25) is 0 Å². The van der Waals surface area contributed by atoms with E-state index in [0.717, 1.165) is 6.42 Å². The van der Waals surface area contributed by atoms with Crippen molar-refractivity contribution in [1.29, 1.82) is 0 Å². The predicted octanol–water partition coefficient (Wildman–Crippen LogP) is 2.67. The van der Waals surface area contributed by atoms with E-state index in [0.29, 0.717) is 0 Å². The zero-order valence-corrected chi connectivity index (χ0v) is 7.26. The number of rotatable bonds is 1. The summed E-state index contributed by atoms with van der Waals surface area (Å²) in [6.07, 6.45) is 0.886. The van der Waals surface area contributed by atoms with Gasteiger partial charge in [0.05, 0.1) is 0 Å². The van der Waals surface area contributed by atoms with Gasteiger partial charge in [-0.1, -0.05) is 12.1 Å². The van der Waals surface area contributed by atoms with Gasteiger partial charge < -0.3 is 0 Å². The lowest BCUT2D eigenvalue weighted by Crippen LogP contribution is -1.77. The summed E-state index contributed by atoms with van der Waals surface area (Å²) in [4.78, 5) is 0. The maximum Gasteiger partial charge on any atom is 0.0130 e. The largest absolute Gasteiger partial charge is 0.0580 e. The minimum atomic E-state index is 0.886. The first kappa shape index (κ1) is 7.06. The maximum absolute atomic E-state index is 3.78. The third-order valence-electron chi connectivity index (χ3n) is 1.20. The Balaban J connectivity index is 2.88. The van der Waals surface area contributed by atoms with Gasteiger partial charge in [-0.15, -0.1) is 0 Å². The van der Waals surface area contributed by atoms with E-state index in [1.54, 1.807) is 0 Å². The molecule has 0 fully saturated rings. The van der Waals surface area contributed by atoms with Gasteiger partial charge in [0.1, 0.15) is 0 Å². The number of hydrogen-bond acceptors (Lipinski definition) is 0. The molecule has 0 aliphatic rings. The fraction of sp³-hybridized carbons (Fsp3) is 0.125. The molecule has 0 spiro atoms. The molecule has 0 heterocycles. The van der Waals surface area contributed by atoms with Crippen LogP contribution in [0.3, 0.4) is 0 Å². The normalized spacial score (nSPS) is 9.56. The number of halogens is 1. The standard InChI is InChI=1S/C8H8I/c1-2-7-3-5-8(9)6-4-7/h3-6H,1-2H2. The van der Waals surface area contributed by atoms with Crippen LogP contribution in [0.5, 0.6) is 0 Å². The van der Waals surface area contributed by atoms with Crippen molar-refractivity contribution >= 4 is 22.6 Å². The second-order valence-corrected chi connectivity index (χ2v) is 3.12. The van der Waals surface area contributed by atoms with Crippen LogP contribution in [0, 0.1) is 10.5 Å². The highest BCUT2D eigenvalue weighted by molar-refractivity contribution is 14.1. The molecule has 0 nitrogen and oxygen atoms in total. The van der Waals surface area contributed by atoms with Crippen molar-refractivity contribution in [2.24, 2.45) is 0 Å². The molecule has 0 unspecified atom stereocenters. The topological polar surface area (TPSA) is 0 Å². The Kier molecular flexibility index (Phi) is 2.51. The predicted molar refractivity (Wildman–Crippen MR) is 48.2 cm³/mol. The number of hydrogen-bond donors (Lipinski definition) is 0. The minimum Gasteiger partial charge on any atom is -0.0580 e. The van der Waals surface area contributed by atoms with E-state index in [1.807, 2.05) is 0 Å². The Morgan fingerprint density at radius 1 is 1.22 bits per heavy atom. The van der Waals surface area contributed by atoms with E-state index in [4.69, 9.17) is 0 Å². The molecule has 0 aromatic heterocycles. The highest BCUT2D eigenvalue weighted by Crippen LogP contribution is 2.06. The minimum absolute atomic E-state index is 0.886. The van der Waals surface area contributed by atoms with Gasteiger partial charge in [0.2, 0.25) is 0 Å². The molecule has 1 aromatic rings. The molecule has 0 saturated carbocycles. The van der Waals surface area contributed by atoms with Crippen LogP contribution in [-0.2, 0) is 6.42 Å².